The van der Waals surface area contributed by atoms with E-state index >= 15 is 0 Å². The van der Waals surface area contributed by atoms with Gasteiger partial charge in [-0.05, 0) is 85.8 Å². The average molecular weight is 410 g/mol. The summed E-state index contributed by atoms with van der Waals surface area (Å²) in [5.41, 5.74) is 3.05. The summed E-state index contributed by atoms with van der Waals surface area (Å²) in [6.45, 7) is 2.25. The summed E-state index contributed by atoms with van der Waals surface area (Å²) in [4.78, 5) is 0. The number of hydrogen-bond acceptors (Lipinski definition) is 1. The fourth-order valence-electron chi connectivity index (χ4n) is 5.80. The van der Waals surface area contributed by atoms with Gasteiger partial charge in [0, 0.05) is 0 Å². The highest BCUT2D eigenvalue weighted by molar-refractivity contribution is 5.25. The molecular weight excluding hydrogens is 369 g/mol. The van der Waals surface area contributed by atoms with Gasteiger partial charge in [-0.15, -0.1) is 0 Å². The SMILES string of the molecule is CCCc1ccc(C2CCC(CCC3CCC(CC/C=C(\F)C#N)CC3)CC2)cc1. The van der Waals surface area contributed by atoms with Gasteiger partial charge in [0.05, 0.1) is 0 Å². The summed E-state index contributed by atoms with van der Waals surface area (Å²) in [7, 11) is 0. The molecule has 0 N–H and O–H groups in total. The van der Waals surface area contributed by atoms with E-state index in [0.29, 0.717) is 0 Å². The van der Waals surface area contributed by atoms with Crippen LogP contribution in [-0.2, 0) is 6.42 Å². The molecule has 0 heterocycles. The summed E-state index contributed by atoms with van der Waals surface area (Å²) in [6, 6.07) is 11.0. The van der Waals surface area contributed by atoms with Gasteiger partial charge in [0.15, 0.2) is 5.83 Å². The first-order valence-corrected chi connectivity index (χ1v) is 12.5. The van der Waals surface area contributed by atoms with Crippen LogP contribution < -0.4 is 0 Å². The number of rotatable bonds is 9. The molecule has 1 aromatic carbocycles. The van der Waals surface area contributed by atoms with Gasteiger partial charge < -0.3 is 0 Å². The lowest BCUT2D eigenvalue weighted by molar-refractivity contribution is 0.225. The minimum atomic E-state index is -0.619. The van der Waals surface area contributed by atoms with Crippen molar-refractivity contribution in [3.05, 3.63) is 47.3 Å². The summed E-state index contributed by atoms with van der Waals surface area (Å²) in [6.07, 6.45) is 19.4. The quantitative estimate of drug-likeness (QED) is 0.374. The van der Waals surface area contributed by atoms with E-state index in [-0.39, 0.29) is 0 Å². The van der Waals surface area contributed by atoms with E-state index in [0.717, 1.165) is 36.5 Å². The molecule has 0 spiro atoms. The van der Waals surface area contributed by atoms with Crippen LogP contribution in [0.1, 0.15) is 107 Å². The van der Waals surface area contributed by atoms with Crippen LogP contribution in [0.4, 0.5) is 4.39 Å². The average Bonchev–Trinajstić information content (AvgIpc) is 2.79. The maximum atomic E-state index is 12.9. The van der Waals surface area contributed by atoms with Crippen LogP contribution in [-0.4, -0.2) is 0 Å². The lowest BCUT2D eigenvalue weighted by Crippen LogP contribution is -2.17. The molecule has 2 fully saturated rings. The van der Waals surface area contributed by atoms with Crippen molar-refractivity contribution in [1.29, 1.82) is 5.26 Å². The number of aryl methyl sites for hydroxylation is 1. The molecule has 2 aliphatic rings. The van der Waals surface area contributed by atoms with Crippen LogP contribution in [0, 0.1) is 29.1 Å². The van der Waals surface area contributed by atoms with Gasteiger partial charge in [0.1, 0.15) is 6.07 Å². The molecule has 164 valence electrons. The van der Waals surface area contributed by atoms with E-state index < -0.39 is 5.83 Å². The molecule has 0 atom stereocenters. The fraction of sp³-hybridized carbons (Fsp3) is 0.679. The zero-order valence-electron chi connectivity index (χ0n) is 18.9. The van der Waals surface area contributed by atoms with Crippen LogP contribution in [0.5, 0.6) is 0 Å². The van der Waals surface area contributed by atoms with E-state index in [1.165, 1.54) is 88.7 Å². The standard InChI is InChI=1S/C28H40FN/c1-2-4-22-13-17-26(18-14-22)27-19-15-25(16-20-27)12-11-24-9-7-23(8-10-24)5-3-6-28(29)21-30/h6,13-14,17-18,23-25,27H,2-5,7-12,15-16,19-20H2,1H3/b28-6-. The van der Waals surface area contributed by atoms with Crippen LogP contribution in [0.25, 0.3) is 0 Å². The first-order valence-electron chi connectivity index (χ1n) is 12.5. The van der Waals surface area contributed by atoms with Crippen molar-refractivity contribution in [2.24, 2.45) is 17.8 Å². The Balaban J connectivity index is 1.30. The van der Waals surface area contributed by atoms with Crippen molar-refractivity contribution >= 4 is 0 Å². The molecule has 30 heavy (non-hydrogen) atoms. The monoisotopic (exact) mass is 409 g/mol. The summed E-state index contributed by atoms with van der Waals surface area (Å²) < 4.78 is 12.9. The first kappa shape index (κ1) is 23.1. The molecule has 0 aliphatic heterocycles. The maximum Gasteiger partial charge on any atom is 0.196 e. The van der Waals surface area contributed by atoms with E-state index in [2.05, 4.69) is 31.2 Å². The molecule has 0 saturated heterocycles. The lowest BCUT2D eigenvalue weighted by Gasteiger charge is -2.32. The largest absolute Gasteiger partial charge is 0.196 e. The van der Waals surface area contributed by atoms with Gasteiger partial charge in [-0.1, -0.05) is 76.1 Å². The van der Waals surface area contributed by atoms with Crippen molar-refractivity contribution in [2.75, 3.05) is 0 Å². The van der Waals surface area contributed by atoms with Crippen LogP contribution in [0.15, 0.2) is 36.2 Å². The predicted octanol–water partition coefficient (Wildman–Crippen LogP) is 8.66. The van der Waals surface area contributed by atoms with Gasteiger partial charge in [-0.3, -0.25) is 0 Å². The van der Waals surface area contributed by atoms with Crippen molar-refractivity contribution in [3.63, 3.8) is 0 Å². The van der Waals surface area contributed by atoms with E-state index in [4.69, 9.17) is 5.26 Å². The highest BCUT2D eigenvalue weighted by atomic mass is 19.1. The van der Waals surface area contributed by atoms with Crippen molar-refractivity contribution in [1.82, 2.24) is 0 Å². The zero-order valence-corrected chi connectivity index (χ0v) is 18.9. The Morgan fingerprint density at radius 3 is 1.97 bits per heavy atom. The van der Waals surface area contributed by atoms with Crippen molar-refractivity contribution in [3.8, 4) is 6.07 Å². The zero-order chi connectivity index (χ0) is 21.2. The fourth-order valence-corrected chi connectivity index (χ4v) is 5.80. The number of benzene rings is 1. The van der Waals surface area contributed by atoms with Crippen LogP contribution >= 0.6 is 0 Å². The normalized spacial score (nSPS) is 27.6. The van der Waals surface area contributed by atoms with Crippen molar-refractivity contribution in [2.45, 2.75) is 103 Å². The van der Waals surface area contributed by atoms with Crippen molar-refractivity contribution < 1.29 is 4.39 Å². The number of nitrogens with zero attached hydrogens (tertiary/aromatic N) is 1. The number of allylic oxidation sites excluding steroid dienone is 2. The number of halogens is 1. The van der Waals surface area contributed by atoms with Gasteiger partial charge in [-0.2, -0.15) is 9.65 Å². The maximum absolute atomic E-state index is 12.9. The molecule has 0 radical (unpaired) electrons. The molecule has 2 aliphatic carbocycles. The molecule has 2 saturated carbocycles. The Labute approximate surface area is 183 Å². The topological polar surface area (TPSA) is 23.8 Å². The van der Waals surface area contributed by atoms with E-state index in [1.54, 1.807) is 11.6 Å². The highest BCUT2D eigenvalue weighted by Gasteiger charge is 2.25. The third kappa shape index (κ3) is 7.26. The van der Waals surface area contributed by atoms with Gasteiger partial charge in [0.2, 0.25) is 0 Å². The molecule has 1 aromatic rings. The Bertz CT molecular complexity index is 682. The molecule has 1 nitrogen and oxygen atoms in total. The van der Waals surface area contributed by atoms with Gasteiger partial charge >= 0.3 is 0 Å². The Morgan fingerprint density at radius 2 is 1.43 bits per heavy atom. The van der Waals surface area contributed by atoms with E-state index in [1.807, 2.05) is 0 Å². The lowest BCUT2D eigenvalue weighted by atomic mass is 9.74. The molecule has 3 rings (SSSR count). The molecule has 0 aromatic heterocycles. The third-order valence-electron chi connectivity index (χ3n) is 7.79. The minimum Gasteiger partial charge on any atom is -0.195 e. The van der Waals surface area contributed by atoms with Gasteiger partial charge in [0.25, 0.3) is 0 Å². The minimum absolute atomic E-state index is 0.619. The molecule has 0 bridgehead atoms. The molecular formula is C28H40FN. The Morgan fingerprint density at radius 1 is 0.900 bits per heavy atom. The van der Waals surface area contributed by atoms with E-state index in [9.17, 15) is 4.39 Å². The number of nitriles is 1. The second-order valence-corrected chi connectivity index (χ2v) is 9.91. The molecule has 0 unspecified atom stereocenters. The molecule has 0 amide bonds. The van der Waals surface area contributed by atoms with Crippen LogP contribution in [0.2, 0.25) is 0 Å². The third-order valence-corrected chi connectivity index (χ3v) is 7.79. The smallest absolute Gasteiger partial charge is 0.195 e. The second-order valence-electron chi connectivity index (χ2n) is 9.91. The summed E-state index contributed by atoms with van der Waals surface area (Å²) in [5.74, 6) is 2.76. The van der Waals surface area contributed by atoms with Gasteiger partial charge in [-0.25, -0.2) is 0 Å². The summed E-state index contributed by atoms with van der Waals surface area (Å²) in [5, 5.41) is 8.48. The Hall–Kier alpha value is -1.62. The first-order chi connectivity index (χ1) is 14.7. The molecule has 2 heteroatoms. The summed E-state index contributed by atoms with van der Waals surface area (Å²) >= 11 is 0. The van der Waals surface area contributed by atoms with Crippen LogP contribution in [0.3, 0.4) is 0 Å². The Kier molecular flexibility index (Phi) is 9.44. The highest BCUT2D eigenvalue weighted by Crippen LogP contribution is 2.40. The second kappa shape index (κ2) is 12.3. The number of hydrogen-bond donors (Lipinski definition) is 0. The predicted molar refractivity (Wildman–Crippen MR) is 124 cm³/mol.